The Hall–Kier alpha value is -0.900. The van der Waals surface area contributed by atoms with Gasteiger partial charge < -0.3 is 10.1 Å². The Kier molecular flexibility index (Phi) is 7.36. The molecular weight excluding hydrogens is 260 g/mol. The minimum Gasteiger partial charge on any atom is -0.383 e. The first kappa shape index (κ1) is 18.1. The van der Waals surface area contributed by atoms with Crippen molar-refractivity contribution >= 4 is 0 Å². The molecule has 0 atom stereocenters. The van der Waals surface area contributed by atoms with Crippen molar-refractivity contribution in [3.05, 3.63) is 35.4 Å². The zero-order valence-electron chi connectivity index (χ0n) is 14.6. The summed E-state index contributed by atoms with van der Waals surface area (Å²) in [6.07, 6.45) is 0. The van der Waals surface area contributed by atoms with Gasteiger partial charge in [-0.2, -0.15) is 0 Å². The van der Waals surface area contributed by atoms with Crippen LogP contribution in [0.2, 0.25) is 0 Å². The van der Waals surface area contributed by atoms with E-state index in [0.29, 0.717) is 6.04 Å². The number of nitrogens with one attached hydrogen (secondary N) is 1. The van der Waals surface area contributed by atoms with E-state index in [4.69, 9.17) is 4.74 Å². The number of ether oxygens (including phenoxy) is 1. The van der Waals surface area contributed by atoms with E-state index in [1.165, 1.54) is 11.1 Å². The fourth-order valence-corrected chi connectivity index (χ4v) is 2.09. The molecule has 0 aliphatic carbocycles. The van der Waals surface area contributed by atoms with Gasteiger partial charge in [-0.3, -0.25) is 4.90 Å². The molecule has 1 aromatic carbocycles. The van der Waals surface area contributed by atoms with Crippen molar-refractivity contribution in [2.45, 2.75) is 59.3 Å². The lowest BCUT2D eigenvalue weighted by Gasteiger charge is -2.26. The van der Waals surface area contributed by atoms with Gasteiger partial charge in [-0.05, 0) is 45.7 Å². The van der Waals surface area contributed by atoms with Gasteiger partial charge in [-0.25, -0.2) is 0 Å². The predicted octanol–water partition coefficient (Wildman–Crippen LogP) is 3.43. The van der Waals surface area contributed by atoms with Crippen molar-refractivity contribution in [3.63, 3.8) is 0 Å². The lowest BCUT2D eigenvalue weighted by atomic mass is 10.1. The Morgan fingerprint density at radius 2 is 1.67 bits per heavy atom. The highest BCUT2D eigenvalue weighted by molar-refractivity contribution is 5.22. The lowest BCUT2D eigenvalue weighted by Crippen LogP contribution is -2.35. The van der Waals surface area contributed by atoms with Crippen molar-refractivity contribution in [2.75, 3.05) is 20.3 Å². The van der Waals surface area contributed by atoms with Gasteiger partial charge in [0.1, 0.15) is 0 Å². The Morgan fingerprint density at radius 1 is 1.10 bits per heavy atom. The fraction of sp³-hybridized carbons (Fsp3) is 0.667. The number of hydrogen-bond donors (Lipinski definition) is 1. The van der Waals surface area contributed by atoms with Crippen molar-refractivity contribution in [1.29, 1.82) is 0 Å². The molecule has 21 heavy (non-hydrogen) atoms. The molecule has 0 saturated carbocycles. The number of nitrogens with zero attached hydrogens (tertiary/aromatic N) is 1. The second-order valence-electron chi connectivity index (χ2n) is 6.98. The largest absolute Gasteiger partial charge is 0.383 e. The van der Waals surface area contributed by atoms with Gasteiger partial charge in [0.15, 0.2) is 0 Å². The number of hydrogen-bond acceptors (Lipinski definition) is 3. The summed E-state index contributed by atoms with van der Waals surface area (Å²) in [5.74, 6) is 0. The van der Waals surface area contributed by atoms with Crippen LogP contribution in [0, 0.1) is 0 Å². The summed E-state index contributed by atoms with van der Waals surface area (Å²) >= 11 is 0. The van der Waals surface area contributed by atoms with E-state index < -0.39 is 0 Å². The molecular formula is C18H32N2O. The average molecular weight is 292 g/mol. The molecule has 0 heterocycles. The normalized spacial score (nSPS) is 12.4. The fourth-order valence-electron chi connectivity index (χ4n) is 2.09. The zero-order valence-corrected chi connectivity index (χ0v) is 14.6. The van der Waals surface area contributed by atoms with E-state index in [1.54, 1.807) is 7.11 Å². The Balaban J connectivity index is 2.56. The van der Waals surface area contributed by atoms with E-state index in [1.807, 2.05) is 0 Å². The van der Waals surface area contributed by atoms with Crippen LogP contribution in [-0.4, -0.2) is 36.7 Å². The third-order valence-electron chi connectivity index (χ3n) is 3.54. The molecule has 0 saturated heterocycles. The summed E-state index contributed by atoms with van der Waals surface area (Å²) in [6, 6.07) is 9.46. The topological polar surface area (TPSA) is 24.5 Å². The molecule has 3 heteroatoms. The first-order valence-electron chi connectivity index (χ1n) is 7.87. The Labute approximate surface area is 130 Å². The summed E-state index contributed by atoms with van der Waals surface area (Å²) in [5, 5.41) is 3.52. The summed E-state index contributed by atoms with van der Waals surface area (Å²) in [4.78, 5) is 2.44. The minimum atomic E-state index is 0.160. The van der Waals surface area contributed by atoms with Gasteiger partial charge in [0.25, 0.3) is 0 Å². The molecule has 1 aromatic rings. The molecule has 3 nitrogen and oxygen atoms in total. The van der Waals surface area contributed by atoms with Crippen LogP contribution in [0.5, 0.6) is 0 Å². The molecule has 0 bridgehead atoms. The van der Waals surface area contributed by atoms with Crippen molar-refractivity contribution in [2.24, 2.45) is 0 Å². The molecule has 0 aromatic heterocycles. The van der Waals surface area contributed by atoms with Crippen molar-refractivity contribution in [3.8, 4) is 0 Å². The Morgan fingerprint density at radius 3 is 2.14 bits per heavy atom. The van der Waals surface area contributed by atoms with E-state index in [9.17, 15) is 0 Å². The van der Waals surface area contributed by atoms with E-state index in [2.05, 4.69) is 69.1 Å². The first-order chi connectivity index (χ1) is 9.81. The van der Waals surface area contributed by atoms with Crippen LogP contribution in [0.1, 0.15) is 45.7 Å². The highest BCUT2D eigenvalue weighted by Gasteiger charge is 2.11. The molecule has 0 spiro atoms. The molecule has 0 aliphatic rings. The summed E-state index contributed by atoms with van der Waals surface area (Å²) in [7, 11) is 1.76. The van der Waals surface area contributed by atoms with Gasteiger partial charge in [-0.15, -0.1) is 0 Å². The van der Waals surface area contributed by atoms with Gasteiger partial charge in [0.05, 0.1) is 6.61 Å². The quantitative estimate of drug-likeness (QED) is 0.794. The second kappa shape index (κ2) is 8.52. The van der Waals surface area contributed by atoms with Gasteiger partial charge in [0.2, 0.25) is 0 Å². The minimum absolute atomic E-state index is 0.160. The zero-order chi connectivity index (χ0) is 15.9. The van der Waals surface area contributed by atoms with Crippen molar-refractivity contribution in [1.82, 2.24) is 10.2 Å². The molecule has 0 amide bonds. The van der Waals surface area contributed by atoms with Crippen LogP contribution in [0.3, 0.4) is 0 Å². The first-order valence-corrected chi connectivity index (χ1v) is 7.87. The standard InChI is InChI=1S/C18H32N2O/c1-15(2)20(11-12-21-6)14-17-9-7-16(8-10-17)13-19-18(3,4)5/h7-10,15,19H,11-14H2,1-6H3. The highest BCUT2D eigenvalue weighted by Crippen LogP contribution is 2.11. The maximum atomic E-state index is 5.19. The van der Waals surface area contributed by atoms with E-state index in [-0.39, 0.29) is 5.54 Å². The summed E-state index contributed by atoms with van der Waals surface area (Å²) in [6.45, 7) is 14.7. The van der Waals surface area contributed by atoms with Crippen LogP contribution < -0.4 is 5.32 Å². The van der Waals surface area contributed by atoms with E-state index >= 15 is 0 Å². The average Bonchev–Trinajstić information content (AvgIpc) is 2.41. The maximum Gasteiger partial charge on any atom is 0.0589 e. The molecule has 0 fully saturated rings. The highest BCUT2D eigenvalue weighted by atomic mass is 16.5. The van der Waals surface area contributed by atoms with Crippen LogP contribution in [-0.2, 0) is 17.8 Å². The second-order valence-corrected chi connectivity index (χ2v) is 6.98. The smallest absolute Gasteiger partial charge is 0.0589 e. The lowest BCUT2D eigenvalue weighted by molar-refractivity contribution is 0.125. The number of methoxy groups -OCH3 is 1. The van der Waals surface area contributed by atoms with Crippen molar-refractivity contribution < 1.29 is 4.74 Å². The molecule has 0 radical (unpaired) electrons. The van der Waals surface area contributed by atoms with Crippen LogP contribution in [0.4, 0.5) is 0 Å². The molecule has 0 unspecified atom stereocenters. The number of rotatable bonds is 8. The predicted molar refractivity (Wildman–Crippen MR) is 90.5 cm³/mol. The van der Waals surface area contributed by atoms with Crippen LogP contribution in [0.15, 0.2) is 24.3 Å². The molecule has 1 N–H and O–H groups in total. The van der Waals surface area contributed by atoms with Gasteiger partial charge in [0, 0.05) is 38.3 Å². The third-order valence-corrected chi connectivity index (χ3v) is 3.54. The van der Waals surface area contributed by atoms with Gasteiger partial charge >= 0.3 is 0 Å². The third kappa shape index (κ3) is 7.60. The SMILES string of the molecule is COCCN(Cc1ccc(CNC(C)(C)C)cc1)C(C)C. The number of benzene rings is 1. The Bertz CT molecular complexity index is 393. The maximum absolute atomic E-state index is 5.19. The molecule has 1 rings (SSSR count). The monoisotopic (exact) mass is 292 g/mol. The summed E-state index contributed by atoms with van der Waals surface area (Å²) in [5.41, 5.74) is 2.86. The van der Waals surface area contributed by atoms with E-state index in [0.717, 1.165) is 26.2 Å². The van der Waals surface area contributed by atoms with Crippen LogP contribution in [0.25, 0.3) is 0 Å². The van der Waals surface area contributed by atoms with Crippen LogP contribution >= 0.6 is 0 Å². The molecule has 120 valence electrons. The van der Waals surface area contributed by atoms with Gasteiger partial charge in [-0.1, -0.05) is 24.3 Å². The molecule has 0 aliphatic heterocycles. The summed E-state index contributed by atoms with van der Waals surface area (Å²) < 4.78 is 5.19.